The minimum Gasteiger partial charge on any atom is -0.491 e. The van der Waals surface area contributed by atoms with Crippen LogP contribution >= 0.6 is 11.6 Å². The smallest absolute Gasteiger partial charge is 0.148 e. The summed E-state index contributed by atoms with van der Waals surface area (Å²) < 4.78 is 14.8. The average Bonchev–Trinajstić information content (AvgIpc) is 3.32. The molecule has 3 heterocycles. The summed E-state index contributed by atoms with van der Waals surface area (Å²) in [7, 11) is 4.48. The van der Waals surface area contributed by atoms with Gasteiger partial charge in [0.25, 0.3) is 0 Å². The lowest BCUT2D eigenvalue weighted by molar-refractivity contribution is 0.198. The SMILES string of the molecule is CN1CCC(CCCCOc2cccc3c2nc(COc2ccc(Cl)cc2)n3CCCC2CCCN(C)C2)CC1. The summed E-state index contributed by atoms with van der Waals surface area (Å²) in [5.74, 6) is 4.30. The summed E-state index contributed by atoms with van der Waals surface area (Å²) in [5, 5.41) is 0.709. The number of hydrogen-bond acceptors (Lipinski definition) is 5. The van der Waals surface area contributed by atoms with E-state index in [0.29, 0.717) is 11.6 Å². The molecule has 1 atom stereocenters. The van der Waals surface area contributed by atoms with Crippen LogP contribution in [0.3, 0.4) is 0 Å². The Morgan fingerprint density at radius 1 is 0.850 bits per heavy atom. The van der Waals surface area contributed by atoms with Crippen molar-refractivity contribution in [1.82, 2.24) is 19.4 Å². The predicted molar refractivity (Wildman–Crippen MR) is 165 cm³/mol. The fraction of sp³-hybridized carbons (Fsp3) is 0.606. The van der Waals surface area contributed by atoms with Crippen molar-refractivity contribution in [3.05, 3.63) is 53.3 Å². The monoisotopic (exact) mass is 566 g/mol. The van der Waals surface area contributed by atoms with Gasteiger partial charge in [0.15, 0.2) is 0 Å². The van der Waals surface area contributed by atoms with Crippen molar-refractivity contribution in [2.45, 2.75) is 70.9 Å². The maximum absolute atomic E-state index is 6.34. The van der Waals surface area contributed by atoms with Gasteiger partial charge in [0, 0.05) is 18.1 Å². The van der Waals surface area contributed by atoms with Gasteiger partial charge in [-0.2, -0.15) is 0 Å². The Morgan fingerprint density at radius 3 is 2.45 bits per heavy atom. The van der Waals surface area contributed by atoms with Crippen LogP contribution in [-0.4, -0.2) is 66.2 Å². The molecule has 0 amide bonds. The number of halogens is 1. The number of unbranched alkanes of at least 4 members (excludes halogenated alkanes) is 1. The first-order valence-corrected chi connectivity index (χ1v) is 15.8. The highest BCUT2D eigenvalue weighted by molar-refractivity contribution is 6.30. The largest absolute Gasteiger partial charge is 0.491 e. The molecule has 0 bridgehead atoms. The zero-order chi connectivity index (χ0) is 27.7. The number of para-hydroxylation sites is 1. The molecule has 2 aromatic carbocycles. The topological polar surface area (TPSA) is 42.8 Å². The van der Waals surface area contributed by atoms with Crippen LogP contribution in [0, 0.1) is 11.8 Å². The lowest BCUT2D eigenvalue weighted by atomic mass is 9.92. The van der Waals surface area contributed by atoms with Gasteiger partial charge in [0.05, 0.1) is 12.1 Å². The molecule has 2 saturated heterocycles. The Bertz CT molecular complexity index is 1190. The Hall–Kier alpha value is -2.28. The standard InChI is InChI=1S/C33H47ClN4O2/c1-36-21-17-26(18-22-36)8-3-4-23-39-31-12-5-11-30-33(31)35-32(25-40-29-15-13-28(34)14-16-29)38(30)20-7-10-27-9-6-19-37(2)24-27/h5,11-16,26-27H,3-4,6-10,17-25H2,1-2H3. The predicted octanol–water partition coefficient (Wildman–Crippen LogP) is 7.28. The third kappa shape index (κ3) is 8.14. The van der Waals surface area contributed by atoms with E-state index in [2.05, 4.69) is 46.7 Å². The number of ether oxygens (including phenoxy) is 2. The fourth-order valence-corrected chi connectivity index (χ4v) is 6.57. The summed E-state index contributed by atoms with van der Waals surface area (Å²) in [6.45, 7) is 7.03. The van der Waals surface area contributed by atoms with Crippen LogP contribution in [0.25, 0.3) is 11.0 Å². The summed E-state index contributed by atoms with van der Waals surface area (Å²) in [6, 6.07) is 13.9. The number of piperidine rings is 2. The normalized spacial score (nSPS) is 19.3. The maximum atomic E-state index is 6.34. The van der Waals surface area contributed by atoms with Gasteiger partial charge in [0.2, 0.25) is 0 Å². The minimum absolute atomic E-state index is 0.415. The average molecular weight is 567 g/mol. The number of hydrogen-bond donors (Lipinski definition) is 0. The first kappa shape index (κ1) is 29.2. The molecular formula is C33H47ClN4O2. The van der Waals surface area contributed by atoms with Crippen LogP contribution < -0.4 is 9.47 Å². The van der Waals surface area contributed by atoms with E-state index >= 15 is 0 Å². The summed E-state index contributed by atoms with van der Waals surface area (Å²) >= 11 is 6.07. The summed E-state index contributed by atoms with van der Waals surface area (Å²) in [6.07, 6.45) is 11.4. The Labute approximate surface area is 245 Å². The van der Waals surface area contributed by atoms with Crippen molar-refractivity contribution in [3.63, 3.8) is 0 Å². The van der Waals surface area contributed by atoms with Crippen molar-refractivity contribution in [2.24, 2.45) is 11.8 Å². The zero-order valence-corrected chi connectivity index (χ0v) is 25.2. The molecule has 2 aliphatic heterocycles. The van der Waals surface area contributed by atoms with E-state index < -0.39 is 0 Å². The molecule has 2 aliphatic rings. The number of fused-ring (bicyclic) bond motifs is 1. The van der Waals surface area contributed by atoms with Crippen molar-refractivity contribution in [1.29, 1.82) is 0 Å². The summed E-state index contributed by atoms with van der Waals surface area (Å²) in [4.78, 5) is 10.00. The second kappa shape index (κ2) is 14.6. The molecule has 6 nitrogen and oxygen atoms in total. The third-order valence-electron chi connectivity index (χ3n) is 8.82. The second-order valence-electron chi connectivity index (χ2n) is 12.0. The number of aromatic nitrogens is 2. The Morgan fingerprint density at radius 2 is 1.65 bits per heavy atom. The number of nitrogens with zero attached hydrogens (tertiary/aromatic N) is 4. The fourth-order valence-electron chi connectivity index (χ4n) is 6.44. The first-order chi connectivity index (χ1) is 19.5. The lowest BCUT2D eigenvalue weighted by Gasteiger charge is -2.29. The number of likely N-dealkylation sites (tertiary alicyclic amines) is 2. The summed E-state index contributed by atoms with van der Waals surface area (Å²) in [5.41, 5.74) is 2.09. The van der Waals surface area contributed by atoms with Gasteiger partial charge in [-0.25, -0.2) is 4.98 Å². The van der Waals surface area contributed by atoms with Crippen molar-refractivity contribution >= 4 is 22.6 Å². The molecule has 5 rings (SSSR count). The van der Waals surface area contributed by atoms with E-state index in [0.717, 1.165) is 66.2 Å². The molecule has 0 aliphatic carbocycles. The molecule has 40 heavy (non-hydrogen) atoms. The van der Waals surface area contributed by atoms with Gasteiger partial charge in [-0.15, -0.1) is 0 Å². The molecule has 1 aromatic heterocycles. The zero-order valence-electron chi connectivity index (χ0n) is 24.5. The van der Waals surface area contributed by atoms with Crippen LogP contribution in [0.4, 0.5) is 0 Å². The Balaban J connectivity index is 1.22. The molecule has 3 aromatic rings. The molecule has 7 heteroatoms. The van der Waals surface area contributed by atoms with E-state index in [-0.39, 0.29) is 0 Å². The van der Waals surface area contributed by atoms with E-state index in [9.17, 15) is 0 Å². The van der Waals surface area contributed by atoms with Gasteiger partial charge in [-0.1, -0.05) is 24.1 Å². The van der Waals surface area contributed by atoms with E-state index in [1.807, 2.05) is 24.3 Å². The van der Waals surface area contributed by atoms with Gasteiger partial charge in [-0.3, -0.25) is 0 Å². The van der Waals surface area contributed by atoms with Crippen LogP contribution in [-0.2, 0) is 13.2 Å². The van der Waals surface area contributed by atoms with E-state index in [1.165, 1.54) is 71.1 Å². The van der Waals surface area contributed by atoms with E-state index in [4.69, 9.17) is 26.1 Å². The number of benzene rings is 2. The van der Waals surface area contributed by atoms with E-state index in [1.54, 1.807) is 0 Å². The van der Waals surface area contributed by atoms with Crippen molar-refractivity contribution in [2.75, 3.05) is 46.9 Å². The quantitative estimate of drug-likeness (QED) is 0.203. The van der Waals surface area contributed by atoms with Crippen LogP contribution in [0.5, 0.6) is 11.5 Å². The van der Waals surface area contributed by atoms with Gasteiger partial charge >= 0.3 is 0 Å². The minimum atomic E-state index is 0.415. The molecule has 218 valence electrons. The molecule has 0 radical (unpaired) electrons. The van der Waals surface area contributed by atoms with Gasteiger partial charge in [0.1, 0.15) is 29.4 Å². The Kier molecular flexibility index (Phi) is 10.6. The highest BCUT2D eigenvalue weighted by Gasteiger charge is 2.19. The number of imidazole rings is 1. The molecule has 0 spiro atoms. The third-order valence-corrected chi connectivity index (χ3v) is 9.07. The second-order valence-corrected chi connectivity index (χ2v) is 12.5. The first-order valence-electron chi connectivity index (χ1n) is 15.4. The van der Waals surface area contributed by atoms with Crippen LogP contribution in [0.15, 0.2) is 42.5 Å². The van der Waals surface area contributed by atoms with Gasteiger partial charge < -0.3 is 23.8 Å². The maximum Gasteiger partial charge on any atom is 0.148 e. The van der Waals surface area contributed by atoms with Gasteiger partial charge in [-0.05, 0) is 133 Å². The van der Waals surface area contributed by atoms with Crippen molar-refractivity contribution in [3.8, 4) is 11.5 Å². The van der Waals surface area contributed by atoms with Crippen LogP contribution in [0.1, 0.15) is 63.6 Å². The lowest BCUT2D eigenvalue weighted by Crippen LogP contribution is -2.32. The van der Waals surface area contributed by atoms with Crippen LogP contribution in [0.2, 0.25) is 5.02 Å². The number of aryl methyl sites for hydroxylation is 1. The molecule has 1 unspecified atom stereocenters. The highest BCUT2D eigenvalue weighted by atomic mass is 35.5. The molecule has 0 saturated carbocycles. The highest BCUT2D eigenvalue weighted by Crippen LogP contribution is 2.29. The number of rotatable bonds is 13. The molecule has 2 fully saturated rings. The molecule has 0 N–H and O–H groups in total. The van der Waals surface area contributed by atoms with Crippen molar-refractivity contribution < 1.29 is 9.47 Å². The molecular weight excluding hydrogens is 520 g/mol.